The zero-order valence-corrected chi connectivity index (χ0v) is 12.6. The molecule has 110 valence electrons. The minimum Gasteiger partial charge on any atom is -0.376 e. The standard InChI is InChI=1S/C16H21N5/c1-20(2)14-5-6-15(19-10-14)13-4-3-9-21(12-13)16-11-17-7-8-18-16/h5-8,10-11,13H,3-4,9,12H2,1-2H3. The number of pyridine rings is 1. The highest BCUT2D eigenvalue weighted by atomic mass is 15.2. The molecule has 1 fully saturated rings. The Bertz CT molecular complexity index is 567. The van der Waals surface area contributed by atoms with Crippen LogP contribution in [0.4, 0.5) is 11.5 Å². The molecular weight excluding hydrogens is 262 g/mol. The van der Waals surface area contributed by atoms with Crippen molar-refractivity contribution in [2.75, 3.05) is 37.0 Å². The molecule has 1 unspecified atom stereocenters. The van der Waals surface area contributed by atoms with Gasteiger partial charge < -0.3 is 9.80 Å². The molecule has 2 aromatic rings. The van der Waals surface area contributed by atoms with Crippen molar-refractivity contribution >= 4 is 11.5 Å². The van der Waals surface area contributed by atoms with Gasteiger partial charge in [0.2, 0.25) is 0 Å². The molecule has 1 atom stereocenters. The Kier molecular flexibility index (Phi) is 3.99. The molecule has 0 bridgehead atoms. The topological polar surface area (TPSA) is 45.2 Å². The third kappa shape index (κ3) is 3.12. The molecule has 0 spiro atoms. The van der Waals surface area contributed by atoms with Crippen molar-refractivity contribution in [3.05, 3.63) is 42.6 Å². The molecule has 0 N–H and O–H groups in total. The molecule has 2 aromatic heterocycles. The summed E-state index contributed by atoms with van der Waals surface area (Å²) in [5.74, 6) is 1.43. The van der Waals surface area contributed by atoms with Gasteiger partial charge in [-0.3, -0.25) is 9.97 Å². The Hall–Kier alpha value is -2.17. The molecule has 0 radical (unpaired) electrons. The van der Waals surface area contributed by atoms with Gasteiger partial charge in [0.05, 0.1) is 18.1 Å². The fraction of sp³-hybridized carbons (Fsp3) is 0.438. The molecule has 21 heavy (non-hydrogen) atoms. The zero-order chi connectivity index (χ0) is 14.7. The van der Waals surface area contributed by atoms with Crippen LogP contribution in [0.2, 0.25) is 0 Å². The number of hydrogen-bond acceptors (Lipinski definition) is 5. The number of anilines is 2. The lowest BCUT2D eigenvalue weighted by atomic mass is 9.94. The minimum absolute atomic E-state index is 0.469. The maximum Gasteiger partial charge on any atom is 0.147 e. The molecule has 0 aromatic carbocycles. The Balaban J connectivity index is 1.74. The van der Waals surface area contributed by atoms with Crippen molar-refractivity contribution in [2.45, 2.75) is 18.8 Å². The highest BCUT2D eigenvalue weighted by molar-refractivity contribution is 5.43. The third-order valence-corrected chi connectivity index (χ3v) is 4.00. The Morgan fingerprint density at radius 2 is 2.05 bits per heavy atom. The average molecular weight is 283 g/mol. The SMILES string of the molecule is CN(C)c1ccc(C2CCCN(c3cnccn3)C2)nc1. The van der Waals surface area contributed by atoms with Gasteiger partial charge in [0.15, 0.2) is 0 Å². The molecule has 3 rings (SSSR count). The lowest BCUT2D eigenvalue weighted by Crippen LogP contribution is -2.35. The molecule has 1 saturated heterocycles. The molecule has 5 nitrogen and oxygen atoms in total. The second-order valence-corrected chi connectivity index (χ2v) is 5.68. The fourth-order valence-electron chi connectivity index (χ4n) is 2.78. The van der Waals surface area contributed by atoms with Gasteiger partial charge in [-0.05, 0) is 25.0 Å². The smallest absolute Gasteiger partial charge is 0.147 e. The van der Waals surface area contributed by atoms with Gasteiger partial charge >= 0.3 is 0 Å². The molecule has 0 saturated carbocycles. The van der Waals surface area contributed by atoms with Crippen LogP contribution >= 0.6 is 0 Å². The first-order valence-electron chi connectivity index (χ1n) is 7.38. The van der Waals surface area contributed by atoms with Crippen LogP contribution in [0.1, 0.15) is 24.5 Å². The van der Waals surface area contributed by atoms with E-state index >= 15 is 0 Å². The molecule has 1 aliphatic heterocycles. The van der Waals surface area contributed by atoms with Crippen LogP contribution < -0.4 is 9.80 Å². The number of nitrogens with zero attached hydrogens (tertiary/aromatic N) is 5. The van der Waals surface area contributed by atoms with Crippen LogP contribution in [0.5, 0.6) is 0 Å². The summed E-state index contributed by atoms with van der Waals surface area (Å²) >= 11 is 0. The van der Waals surface area contributed by atoms with Crippen LogP contribution in [0.3, 0.4) is 0 Å². The quantitative estimate of drug-likeness (QED) is 0.865. The first-order valence-corrected chi connectivity index (χ1v) is 7.38. The Labute approximate surface area is 125 Å². The molecule has 5 heteroatoms. The zero-order valence-electron chi connectivity index (χ0n) is 12.6. The average Bonchev–Trinajstić information content (AvgIpc) is 2.56. The summed E-state index contributed by atoms with van der Waals surface area (Å²) < 4.78 is 0. The van der Waals surface area contributed by atoms with E-state index in [1.54, 1.807) is 12.4 Å². The lowest BCUT2D eigenvalue weighted by Gasteiger charge is -2.33. The maximum atomic E-state index is 4.65. The van der Waals surface area contributed by atoms with E-state index in [2.05, 4.69) is 36.9 Å². The van der Waals surface area contributed by atoms with Gasteiger partial charge in [-0.25, -0.2) is 4.98 Å². The molecular formula is C16H21N5. The van der Waals surface area contributed by atoms with E-state index in [0.29, 0.717) is 5.92 Å². The normalized spacial score (nSPS) is 18.6. The Morgan fingerprint density at radius 1 is 1.14 bits per heavy atom. The summed E-state index contributed by atoms with van der Waals surface area (Å²) in [5, 5.41) is 0. The van der Waals surface area contributed by atoms with E-state index in [1.165, 1.54) is 18.5 Å². The van der Waals surface area contributed by atoms with Crippen molar-refractivity contribution in [1.29, 1.82) is 0 Å². The predicted molar refractivity (Wildman–Crippen MR) is 84.8 cm³/mol. The summed E-state index contributed by atoms with van der Waals surface area (Å²) in [6.45, 7) is 2.01. The monoisotopic (exact) mass is 283 g/mol. The van der Waals surface area contributed by atoms with Crippen molar-refractivity contribution < 1.29 is 0 Å². The van der Waals surface area contributed by atoms with Gasteiger partial charge in [-0.15, -0.1) is 0 Å². The number of rotatable bonds is 3. The van der Waals surface area contributed by atoms with E-state index < -0.39 is 0 Å². The predicted octanol–water partition coefficient (Wildman–Crippen LogP) is 2.32. The minimum atomic E-state index is 0.469. The van der Waals surface area contributed by atoms with Crippen LogP contribution in [-0.2, 0) is 0 Å². The summed E-state index contributed by atoms with van der Waals surface area (Å²) in [4.78, 5) is 17.6. The second kappa shape index (κ2) is 6.08. The first-order chi connectivity index (χ1) is 10.2. The lowest BCUT2D eigenvalue weighted by molar-refractivity contribution is 0.498. The Morgan fingerprint density at radius 3 is 2.71 bits per heavy atom. The summed E-state index contributed by atoms with van der Waals surface area (Å²) in [5.41, 5.74) is 2.31. The van der Waals surface area contributed by atoms with Crippen molar-refractivity contribution in [3.8, 4) is 0 Å². The molecule has 0 amide bonds. The van der Waals surface area contributed by atoms with Crippen LogP contribution in [-0.4, -0.2) is 42.1 Å². The summed E-state index contributed by atoms with van der Waals surface area (Å²) in [6, 6.07) is 4.30. The highest BCUT2D eigenvalue weighted by Gasteiger charge is 2.23. The fourth-order valence-corrected chi connectivity index (χ4v) is 2.78. The number of aromatic nitrogens is 3. The number of hydrogen-bond donors (Lipinski definition) is 0. The number of piperidine rings is 1. The maximum absolute atomic E-state index is 4.65. The van der Waals surface area contributed by atoms with Crippen molar-refractivity contribution in [2.24, 2.45) is 0 Å². The van der Waals surface area contributed by atoms with Gasteiger partial charge in [0.1, 0.15) is 5.82 Å². The van der Waals surface area contributed by atoms with E-state index in [9.17, 15) is 0 Å². The van der Waals surface area contributed by atoms with Gasteiger partial charge in [0, 0.05) is 51.2 Å². The van der Waals surface area contributed by atoms with E-state index in [-0.39, 0.29) is 0 Å². The molecule has 3 heterocycles. The highest BCUT2D eigenvalue weighted by Crippen LogP contribution is 2.28. The van der Waals surface area contributed by atoms with E-state index in [1.807, 2.05) is 26.5 Å². The van der Waals surface area contributed by atoms with Crippen molar-refractivity contribution in [3.63, 3.8) is 0 Å². The molecule has 1 aliphatic rings. The second-order valence-electron chi connectivity index (χ2n) is 5.68. The van der Waals surface area contributed by atoms with E-state index in [4.69, 9.17) is 0 Å². The van der Waals surface area contributed by atoms with Crippen molar-refractivity contribution in [1.82, 2.24) is 15.0 Å². The van der Waals surface area contributed by atoms with Gasteiger partial charge in [-0.1, -0.05) is 0 Å². The van der Waals surface area contributed by atoms with Crippen LogP contribution in [0.25, 0.3) is 0 Å². The van der Waals surface area contributed by atoms with Crippen LogP contribution in [0, 0.1) is 0 Å². The van der Waals surface area contributed by atoms with Gasteiger partial charge in [0.25, 0.3) is 0 Å². The first kappa shape index (κ1) is 13.8. The van der Waals surface area contributed by atoms with Crippen LogP contribution in [0.15, 0.2) is 36.9 Å². The third-order valence-electron chi connectivity index (χ3n) is 4.00. The molecule has 0 aliphatic carbocycles. The largest absolute Gasteiger partial charge is 0.376 e. The summed E-state index contributed by atoms with van der Waals surface area (Å²) in [6.07, 6.45) is 9.61. The van der Waals surface area contributed by atoms with E-state index in [0.717, 1.165) is 24.6 Å². The van der Waals surface area contributed by atoms with Gasteiger partial charge in [-0.2, -0.15) is 0 Å². The summed E-state index contributed by atoms with van der Waals surface area (Å²) in [7, 11) is 4.07.